The summed E-state index contributed by atoms with van der Waals surface area (Å²) in [6, 6.07) is 15.4. The number of aromatic nitrogens is 7. The number of anilines is 1. The Kier molecular flexibility index (Phi) is 5.11. The second kappa shape index (κ2) is 8.58. The van der Waals surface area contributed by atoms with Crippen LogP contribution in [0.2, 0.25) is 0 Å². The monoisotopic (exact) mass is 475 g/mol. The van der Waals surface area contributed by atoms with E-state index in [-0.39, 0.29) is 6.03 Å². The average molecular weight is 476 g/mol. The molecule has 2 amide bonds. The predicted octanol–water partition coefficient (Wildman–Crippen LogP) is 4.72. The number of carbonyl (C=O) groups is 1. The summed E-state index contributed by atoms with van der Waals surface area (Å²) >= 11 is 0. The number of nitrogens with zero attached hydrogens (tertiary/aromatic N) is 6. The molecular weight excluding hydrogens is 454 g/mol. The fourth-order valence-electron chi connectivity index (χ4n) is 4.02. The Bertz CT molecular complexity index is 1720. The van der Waals surface area contributed by atoms with Gasteiger partial charge in [0.1, 0.15) is 5.69 Å². The summed E-state index contributed by atoms with van der Waals surface area (Å²) in [4.78, 5) is 35.1. The molecule has 6 aromatic rings. The van der Waals surface area contributed by atoms with Gasteiger partial charge in [-0.1, -0.05) is 18.2 Å². The lowest BCUT2D eigenvalue weighted by Gasteiger charge is -2.12. The molecule has 5 heterocycles. The number of H-pyrrole nitrogens is 2. The average Bonchev–Trinajstić information content (AvgIpc) is 3.53. The van der Waals surface area contributed by atoms with E-state index in [2.05, 4.69) is 35.5 Å². The van der Waals surface area contributed by atoms with Gasteiger partial charge < -0.3 is 15.2 Å². The summed E-state index contributed by atoms with van der Waals surface area (Å²) in [5.74, 6) is 0.628. The van der Waals surface area contributed by atoms with Gasteiger partial charge in [0.25, 0.3) is 0 Å². The molecule has 3 N–H and O–H groups in total. The molecule has 0 saturated carbocycles. The summed E-state index contributed by atoms with van der Waals surface area (Å²) in [5.41, 5.74) is 7.05. The Labute approximate surface area is 205 Å². The van der Waals surface area contributed by atoms with Crippen LogP contribution in [0.3, 0.4) is 0 Å². The summed E-state index contributed by atoms with van der Waals surface area (Å²) in [6.45, 7) is 0. The number of hydrogen-bond donors (Lipinski definition) is 3. The number of fused-ring (bicyclic) bond motifs is 2. The van der Waals surface area contributed by atoms with Crippen molar-refractivity contribution in [3.63, 3.8) is 0 Å². The number of aromatic amines is 2. The maximum absolute atomic E-state index is 12.0. The predicted molar refractivity (Wildman–Crippen MR) is 138 cm³/mol. The van der Waals surface area contributed by atoms with Crippen LogP contribution in [0.25, 0.3) is 56.0 Å². The van der Waals surface area contributed by atoms with E-state index in [1.807, 2.05) is 48.5 Å². The van der Waals surface area contributed by atoms with Gasteiger partial charge in [0, 0.05) is 49.4 Å². The zero-order valence-corrected chi connectivity index (χ0v) is 19.5. The Morgan fingerprint density at radius 1 is 0.972 bits per heavy atom. The number of urea groups is 1. The van der Waals surface area contributed by atoms with Crippen molar-refractivity contribution in [2.24, 2.45) is 0 Å². The second-order valence-corrected chi connectivity index (χ2v) is 8.48. The summed E-state index contributed by atoms with van der Waals surface area (Å²) < 4.78 is 0. The molecule has 6 rings (SSSR count). The van der Waals surface area contributed by atoms with Gasteiger partial charge in [0.2, 0.25) is 0 Å². The molecule has 36 heavy (non-hydrogen) atoms. The minimum atomic E-state index is -0.227. The third-order valence-electron chi connectivity index (χ3n) is 5.82. The van der Waals surface area contributed by atoms with Gasteiger partial charge in [-0.25, -0.2) is 14.8 Å². The van der Waals surface area contributed by atoms with Crippen molar-refractivity contribution >= 4 is 33.8 Å². The highest BCUT2D eigenvalue weighted by molar-refractivity contribution is 5.97. The fraction of sp³-hybridized carbons (Fsp3) is 0.0769. The molecule has 0 atom stereocenters. The molecule has 1 aromatic carbocycles. The van der Waals surface area contributed by atoms with Crippen LogP contribution in [-0.4, -0.2) is 60.1 Å². The standard InChI is InChI=1S/C26H21N9O/c1-35(2)26(36)30-17-10-15(12-27-14-17)16-11-19-23(33-34-24(19)29-13-16)25-31-21-8-5-6-18(22(21)32-25)20-7-3-4-9-28-20/h3-14H,1-2H3,(H,30,36)(H,31,32)(H,29,33,34). The number of amides is 2. The van der Waals surface area contributed by atoms with Crippen molar-refractivity contribution in [3.8, 4) is 33.9 Å². The molecule has 176 valence electrons. The van der Waals surface area contributed by atoms with Gasteiger partial charge in [-0.05, 0) is 30.3 Å². The number of pyridine rings is 3. The first-order valence-corrected chi connectivity index (χ1v) is 11.3. The highest BCUT2D eigenvalue weighted by Crippen LogP contribution is 2.32. The van der Waals surface area contributed by atoms with Gasteiger partial charge in [0.15, 0.2) is 11.5 Å². The highest BCUT2D eigenvalue weighted by Gasteiger charge is 2.17. The van der Waals surface area contributed by atoms with Crippen LogP contribution >= 0.6 is 0 Å². The zero-order valence-electron chi connectivity index (χ0n) is 19.5. The SMILES string of the molecule is CN(C)C(=O)Nc1cncc(-c2cnc3[nH]nc(-c4nc5c(-c6ccccn6)cccc5[nH]4)c3c2)c1. The lowest BCUT2D eigenvalue weighted by Crippen LogP contribution is -2.27. The normalized spacial score (nSPS) is 11.2. The van der Waals surface area contributed by atoms with Gasteiger partial charge in [-0.15, -0.1) is 0 Å². The molecule has 0 spiro atoms. The summed E-state index contributed by atoms with van der Waals surface area (Å²) in [7, 11) is 3.37. The lowest BCUT2D eigenvalue weighted by molar-refractivity contribution is 0.230. The fourth-order valence-corrected chi connectivity index (χ4v) is 4.02. The molecule has 0 aliphatic rings. The number of benzene rings is 1. The maximum Gasteiger partial charge on any atom is 0.321 e. The molecule has 0 aliphatic carbocycles. The molecule has 5 aromatic heterocycles. The number of para-hydroxylation sites is 1. The number of hydrogen-bond acceptors (Lipinski definition) is 6. The second-order valence-electron chi connectivity index (χ2n) is 8.48. The van der Waals surface area contributed by atoms with Crippen molar-refractivity contribution < 1.29 is 4.79 Å². The van der Waals surface area contributed by atoms with E-state index in [1.165, 1.54) is 4.90 Å². The minimum Gasteiger partial charge on any atom is -0.337 e. The third kappa shape index (κ3) is 3.80. The molecular formula is C26H21N9O. The van der Waals surface area contributed by atoms with E-state index in [9.17, 15) is 4.79 Å². The van der Waals surface area contributed by atoms with Crippen LogP contribution < -0.4 is 5.32 Å². The van der Waals surface area contributed by atoms with Crippen LogP contribution in [0.5, 0.6) is 0 Å². The van der Waals surface area contributed by atoms with E-state index >= 15 is 0 Å². The molecule has 0 fully saturated rings. The van der Waals surface area contributed by atoms with E-state index in [0.717, 1.165) is 38.8 Å². The first-order chi connectivity index (χ1) is 17.6. The summed E-state index contributed by atoms with van der Waals surface area (Å²) in [5, 5.41) is 11.1. The number of rotatable bonds is 4. The first kappa shape index (κ1) is 21.4. The van der Waals surface area contributed by atoms with Crippen molar-refractivity contribution in [1.82, 2.24) is 40.0 Å². The van der Waals surface area contributed by atoms with E-state index in [4.69, 9.17) is 4.98 Å². The van der Waals surface area contributed by atoms with Crippen LogP contribution in [0.4, 0.5) is 10.5 Å². The minimum absolute atomic E-state index is 0.227. The van der Waals surface area contributed by atoms with Gasteiger partial charge >= 0.3 is 6.03 Å². The molecule has 0 radical (unpaired) electrons. The van der Waals surface area contributed by atoms with E-state index in [1.54, 1.807) is 38.9 Å². The van der Waals surface area contributed by atoms with Crippen LogP contribution in [-0.2, 0) is 0 Å². The smallest absolute Gasteiger partial charge is 0.321 e. The Morgan fingerprint density at radius 2 is 1.86 bits per heavy atom. The zero-order chi connectivity index (χ0) is 24.6. The van der Waals surface area contributed by atoms with Crippen molar-refractivity contribution in [2.75, 3.05) is 19.4 Å². The molecule has 0 bridgehead atoms. The topological polar surface area (TPSA) is 128 Å². The number of carbonyl (C=O) groups excluding carboxylic acids is 1. The highest BCUT2D eigenvalue weighted by atomic mass is 16.2. The Balaban J connectivity index is 1.41. The lowest BCUT2D eigenvalue weighted by atomic mass is 10.1. The van der Waals surface area contributed by atoms with E-state index < -0.39 is 0 Å². The molecule has 10 heteroatoms. The molecule has 0 unspecified atom stereocenters. The molecule has 10 nitrogen and oxygen atoms in total. The summed E-state index contributed by atoms with van der Waals surface area (Å²) in [6.07, 6.45) is 6.85. The van der Waals surface area contributed by atoms with Gasteiger partial charge in [-0.2, -0.15) is 5.10 Å². The first-order valence-electron chi connectivity index (χ1n) is 11.3. The quantitative estimate of drug-likeness (QED) is 0.338. The largest absolute Gasteiger partial charge is 0.337 e. The number of imidazole rings is 1. The third-order valence-corrected chi connectivity index (χ3v) is 5.82. The Morgan fingerprint density at radius 3 is 2.69 bits per heavy atom. The van der Waals surface area contributed by atoms with Crippen LogP contribution in [0, 0.1) is 0 Å². The van der Waals surface area contributed by atoms with Gasteiger partial charge in [-0.3, -0.25) is 15.1 Å². The van der Waals surface area contributed by atoms with Crippen LogP contribution in [0.1, 0.15) is 0 Å². The van der Waals surface area contributed by atoms with Gasteiger partial charge in [0.05, 0.1) is 34.0 Å². The van der Waals surface area contributed by atoms with E-state index in [0.29, 0.717) is 22.9 Å². The number of nitrogens with one attached hydrogen (secondary N) is 3. The van der Waals surface area contributed by atoms with Crippen LogP contribution in [0.15, 0.2) is 73.3 Å². The van der Waals surface area contributed by atoms with Crippen molar-refractivity contribution in [2.45, 2.75) is 0 Å². The van der Waals surface area contributed by atoms with Crippen molar-refractivity contribution in [1.29, 1.82) is 0 Å². The Hall–Kier alpha value is -5.12. The molecule has 0 saturated heterocycles. The molecule has 0 aliphatic heterocycles. The maximum atomic E-state index is 12.0. The van der Waals surface area contributed by atoms with Crippen molar-refractivity contribution in [3.05, 3.63) is 73.3 Å².